The van der Waals surface area contributed by atoms with Gasteiger partial charge in [-0.1, -0.05) is 35.9 Å². The lowest BCUT2D eigenvalue weighted by Crippen LogP contribution is -2.47. The molecule has 3 aliphatic rings. The zero-order valence-electron chi connectivity index (χ0n) is 13.1. The van der Waals surface area contributed by atoms with Crippen molar-refractivity contribution in [3.8, 4) is 0 Å². The molecule has 2 fully saturated rings. The van der Waals surface area contributed by atoms with Crippen molar-refractivity contribution in [2.24, 2.45) is 17.8 Å². The second kappa shape index (κ2) is 6.35. The summed E-state index contributed by atoms with van der Waals surface area (Å²) in [5.41, 5.74) is 1.37. The summed E-state index contributed by atoms with van der Waals surface area (Å²) in [5.74, 6) is 2.72. The maximum absolute atomic E-state index is 5.96. The number of hydrogen-bond donors (Lipinski definition) is 0. The van der Waals surface area contributed by atoms with Gasteiger partial charge in [-0.15, -0.1) is 0 Å². The van der Waals surface area contributed by atoms with Crippen molar-refractivity contribution >= 4 is 11.6 Å². The van der Waals surface area contributed by atoms with E-state index in [2.05, 4.69) is 34.1 Å². The molecule has 1 aromatic rings. The van der Waals surface area contributed by atoms with E-state index in [0.29, 0.717) is 0 Å². The molecule has 1 heterocycles. The molecular formula is C19H25ClN2. The van der Waals surface area contributed by atoms with Crippen LogP contribution >= 0.6 is 11.6 Å². The van der Waals surface area contributed by atoms with Gasteiger partial charge in [-0.2, -0.15) is 0 Å². The lowest BCUT2D eigenvalue weighted by Gasteiger charge is -2.37. The Kier molecular flexibility index (Phi) is 4.25. The number of piperazine rings is 1. The molecule has 1 aromatic carbocycles. The normalized spacial score (nSPS) is 32.0. The molecule has 3 heteroatoms. The summed E-state index contributed by atoms with van der Waals surface area (Å²) in [7, 11) is 0. The number of allylic oxidation sites excluding steroid dienone is 2. The Hall–Kier alpha value is -0.830. The summed E-state index contributed by atoms with van der Waals surface area (Å²) in [6.07, 6.45) is 7.80. The van der Waals surface area contributed by atoms with Gasteiger partial charge in [0.15, 0.2) is 0 Å². The van der Waals surface area contributed by atoms with E-state index in [9.17, 15) is 0 Å². The van der Waals surface area contributed by atoms with Gasteiger partial charge in [-0.05, 0) is 48.3 Å². The molecule has 2 aliphatic carbocycles. The third-order valence-electron chi connectivity index (χ3n) is 5.69. The van der Waals surface area contributed by atoms with Crippen LogP contribution in [0.2, 0.25) is 5.02 Å². The predicted octanol–water partition coefficient (Wildman–Crippen LogP) is 3.67. The van der Waals surface area contributed by atoms with Crippen molar-refractivity contribution in [3.63, 3.8) is 0 Å². The van der Waals surface area contributed by atoms with Crippen molar-refractivity contribution in [1.82, 2.24) is 9.80 Å². The van der Waals surface area contributed by atoms with E-state index in [1.165, 1.54) is 51.1 Å². The van der Waals surface area contributed by atoms with Crippen LogP contribution in [0.3, 0.4) is 0 Å². The number of hydrogen-bond acceptors (Lipinski definition) is 2. The second-order valence-corrected chi connectivity index (χ2v) is 7.68. The monoisotopic (exact) mass is 316 g/mol. The van der Waals surface area contributed by atoms with Gasteiger partial charge in [0.25, 0.3) is 0 Å². The van der Waals surface area contributed by atoms with Gasteiger partial charge in [0.2, 0.25) is 0 Å². The third-order valence-corrected chi connectivity index (χ3v) is 5.95. The molecule has 4 rings (SSSR count). The molecule has 1 saturated carbocycles. The van der Waals surface area contributed by atoms with Crippen LogP contribution in [0.15, 0.2) is 36.4 Å². The van der Waals surface area contributed by atoms with Crippen LogP contribution in [-0.2, 0) is 6.54 Å². The molecule has 0 amide bonds. The average molecular weight is 317 g/mol. The van der Waals surface area contributed by atoms with Gasteiger partial charge in [0, 0.05) is 44.3 Å². The smallest absolute Gasteiger partial charge is 0.0406 e. The van der Waals surface area contributed by atoms with Crippen LogP contribution in [0.5, 0.6) is 0 Å². The number of halogens is 1. The zero-order chi connectivity index (χ0) is 14.9. The largest absolute Gasteiger partial charge is 0.300 e. The van der Waals surface area contributed by atoms with Crippen LogP contribution < -0.4 is 0 Å². The molecule has 0 radical (unpaired) electrons. The van der Waals surface area contributed by atoms with Crippen molar-refractivity contribution in [3.05, 3.63) is 47.0 Å². The molecule has 0 N–H and O–H groups in total. The minimum atomic E-state index is 0.827. The van der Waals surface area contributed by atoms with Gasteiger partial charge in [0.05, 0.1) is 0 Å². The molecule has 0 unspecified atom stereocenters. The highest BCUT2D eigenvalue weighted by Crippen LogP contribution is 2.43. The van der Waals surface area contributed by atoms with Gasteiger partial charge in [-0.3, -0.25) is 4.90 Å². The summed E-state index contributed by atoms with van der Waals surface area (Å²) < 4.78 is 0. The molecule has 1 saturated heterocycles. The highest BCUT2D eigenvalue weighted by molar-refractivity contribution is 6.30. The van der Waals surface area contributed by atoms with Crippen molar-refractivity contribution < 1.29 is 0 Å². The Labute approximate surface area is 138 Å². The lowest BCUT2D eigenvalue weighted by atomic mass is 9.93. The van der Waals surface area contributed by atoms with Gasteiger partial charge in [-0.25, -0.2) is 0 Å². The maximum Gasteiger partial charge on any atom is 0.0406 e. The summed E-state index contributed by atoms with van der Waals surface area (Å²) in [6.45, 7) is 7.22. The minimum absolute atomic E-state index is 0.827. The number of fused-ring (bicyclic) bond motifs is 2. The highest BCUT2D eigenvalue weighted by Gasteiger charge is 2.36. The SMILES string of the molecule is Clc1ccc(CN2CCN(C[C@H]3C[C@H]4C=C[C@H]3C4)CC2)cc1. The summed E-state index contributed by atoms with van der Waals surface area (Å²) in [5, 5.41) is 0.827. The Bertz CT molecular complexity index is 531. The van der Waals surface area contributed by atoms with Gasteiger partial charge < -0.3 is 4.90 Å². The maximum atomic E-state index is 5.96. The Morgan fingerprint density at radius 1 is 0.909 bits per heavy atom. The molecular weight excluding hydrogens is 292 g/mol. The van der Waals surface area contributed by atoms with E-state index in [-0.39, 0.29) is 0 Å². The molecule has 22 heavy (non-hydrogen) atoms. The molecule has 0 aromatic heterocycles. The van der Waals surface area contributed by atoms with E-state index in [1.54, 1.807) is 0 Å². The zero-order valence-corrected chi connectivity index (χ0v) is 13.9. The highest BCUT2D eigenvalue weighted by atomic mass is 35.5. The van der Waals surface area contributed by atoms with E-state index in [1.807, 2.05) is 12.1 Å². The van der Waals surface area contributed by atoms with E-state index >= 15 is 0 Å². The quantitative estimate of drug-likeness (QED) is 0.782. The number of nitrogens with zero attached hydrogens (tertiary/aromatic N) is 2. The topological polar surface area (TPSA) is 6.48 Å². The molecule has 2 nitrogen and oxygen atoms in total. The molecule has 0 spiro atoms. The van der Waals surface area contributed by atoms with Gasteiger partial charge in [0.1, 0.15) is 0 Å². The fraction of sp³-hybridized carbons (Fsp3) is 0.579. The van der Waals surface area contributed by atoms with Gasteiger partial charge >= 0.3 is 0 Å². The standard InChI is InChI=1S/C19H25ClN2/c20-19-5-2-15(3-6-19)13-21-7-9-22(10-8-21)14-18-12-16-1-4-17(18)11-16/h1-6,16-18H,7-14H2/t16-,17-,18+/m0/s1. The van der Waals surface area contributed by atoms with Crippen LogP contribution in [0.1, 0.15) is 18.4 Å². The molecule has 2 bridgehead atoms. The molecule has 3 atom stereocenters. The predicted molar refractivity (Wildman–Crippen MR) is 92.0 cm³/mol. The summed E-state index contributed by atoms with van der Waals surface area (Å²) in [4.78, 5) is 5.26. The first-order chi connectivity index (χ1) is 10.8. The summed E-state index contributed by atoms with van der Waals surface area (Å²) >= 11 is 5.96. The first-order valence-electron chi connectivity index (χ1n) is 8.64. The lowest BCUT2D eigenvalue weighted by molar-refractivity contribution is 0.108. The van der Waals surface area contributed by atoms with E-state index in [0.717, 1.165) is 29.3 Å². The van der Waals surface area contributed by atoms with Crippen molar-refractivity contribution in [1.29, 1.82) is 0 Å². The van der Waals surface area contributed by atoms with Crippen LogP contribution in [0.4, 0.5) is 0 Å². The van der Waals surface area contributed by atoms with Crippen LogP contribution in [0.25, 0.3) is 0 Å². The van der Waals surface area contributed by atoms with Crippen LogP contribution in [-0.4, -0.2) is 42.5 Å². The second-order valence-electron chi connectivity index (χ2n) is 7.24. The fourth-order valence-electron chi connectivity index (χ4n) is 4.41. The van der Waals surface area contributed by atoms with E-state index < -0.39 is 0 Å². The first-order valence-corrected chi connectivity index (χ1v) is 9.01. The van der Waals surface area contributed by atoms with Crippen molar-refractivity contribution in [2.75, 3.05) is 32.7 Å². The Balaban J connectivity index is 1.24. The van der Waals surface area contributed by atoms with Crippen molar-refractivity contribution in [2.45, 2.75) is 19.4 Å². The first kappa shape index (κ1) is 14.7. The average Bonchev–Trinajstić information content (AvgIpc) is 3.14. The fourth-order valence-corrected chi connectivity index (χ4v) is 4.54. The van der Waals surface area contributed by atoms with E-state index in [4.69, 9.17) is 11.6 Å². The molecule has 1 aliphatic heterocycles. The third kappa shape index (κ3) is 3.24. The molecule has 118 valence electrons. The number of benzene rings is 1. The summed E-state index contributed by atoms with van der Waals surface area (Å²) in [6, 6.07) is 8.29. The Morgan fingerprint density at radius 3 is 2.27 bits per heavy atom. The van der Waals surface area contributed by atoms with Crippen LogP contribution in [0, 0.1) is 17.8 Å². The number of rotatable bonds is 4. The minimum Gasteiger partial charge on any atom is -0.300 e. The Morgan fingerprint density at radius 2 is 1.64 bits per heavy atom.